The number of carbonyl (C=O) groups is 1. The molecule has 1 aliphatic rings. The number of aliphatic carboxylic acids is 1. The molecule has 0 saturated carbocycles. The Labute approximate surface area is 95.0 Å². The molecule has 0 radical (unpaired) electrons. The normalized spacial score (nSPS) is 25.2. The van der Waals surface area contributed by atoms with Gasteiger partial charge in [-0.1, -0.05) is 30.3 Å². The molecule has 0 aliphatic carbocycles. The maximum atomic E-state index is 11.4. The molecule has 0 spiro atoms. The van der Waals surface area contributed by atoms with Crippen molar-refractivity contribution in [2.24, 2.45) is 5.41 Å². The van der Waals surface area contributed by atoms with E-state index in [4.69, 9.17) is 4.74 Å². The van der Waals surface area contributed by atoms with E-state index in [-0.39, 0.29) is 0 Å². The summed E-state index contributed by atoms with van der Waals surface area (Å²) in [5, 5.41) is 9.37. The van der Waals surface area contributed by atoms with Gasteiger partial charge in [-0.2, -0.15) is 0 Å². The van der Waals surface area contributed by atoms with Gasteiger partial charge in [-0.15, -0.1) is 0 Å². The first-order valence-electron chi connectivity index (χ1n) is 5.58. The highest BCUT2D eigenvalue weighted by atomic mass is 16.5. The van der Waals surface area contributed by atoms with Gasteiger partial charge in [-0.25, -0.2) is 0 Å². The number of hydrogen-bond donors (Lipinski definition) is 1. The van der Waals surface area contributed by atoms with Crippen LogP contribution < -0.4 is 0 Å². The van der Waals surface area contributed by atoms with Crippen molar-refractivity contribution in [2.75, 3.05) is 13.2 Å². The monoisotopic (exact) mass is 220 g/mol. The number of hydrogen-bond acceptors (Lipinski definition) is 2. The molecule has 0 amide bonds. The molecule has 3 nitrogen and oxygen atoms in total. The molecule has 86 valence electrons. The van der Waals surface area contributed by atoms with Crippen LogP contribution in [0.4, 0.5) is 0 Å². The van der Waals surface area contributed by atoms with Gasteiger partial charge in [0.15, 0.2) is 0 Å². The highest BCUT2D eigenvalue weighted by Gasteiger charge is 2.40. The minimum atomic E-state index is -0.740. The van der Waals surface area contributed by atoms with E-state index in [1.54, 1.807) is 0 Å². The van der Waals surface area contributed by atoms with Crippen LogP contribution in [-0.4, -0.2) is 24.3 Å². The lowest BCUT2D eigenvalue weighted by Crippen LogP contribution is -2.41. The summed E-state index contributed by atoms with van der Waals surface area (Å²) >= 11 is 0. The molecule has 1 atom stereocenters. The van der Waals surface area contributed by atoms with Crippen LogP contribution in [0.2, 0.25) is 0 Å². The number of ether oxygens (including phenoxy) is 1. The number of carboxylic acid groups (broad SMARTS) is 1. The summed E-state index contributed by atoms with van der Waals surface area (Å²) in [4.78, 5) is 11.4. The zero-order chi connectivity index (χ0) is 11.4. The van der Waals surface area contributed by atoms with Crippen molar-refractivity contribution in [2.45, 2.75) is 19.3 Å². The number of rotatable bonds is 3. The average Bonchev–Trinajstić information content (AvgIpc) is 2.31. The van der Waals surface area contributed by atoms with E-state index in [1.165, 1.54) is 0 Å². The van der Waals surface area contributed by atoms with Crippen LogP contribution in [-0.2, 0) is 16.0 Å². The predicted octanol–water partition coefficient (Wildman–Crippen LogP) is 2.11. The fourth-order valence-electron chi connectivity index (χ4n) is 2.22. The maximum absolute atomic E-state index is 11.4. The molecular weight excluding hydrogens is 204 g/mol. The Balaban J connectivity index is 2.17. The van der Waals surface area contributed by atoms with Gasteiger partial charge in [0.05, 0.1) is 12.0 Å². The molecule has 2 rings (SSSR count). The molecule has 1 fully saturated rings. The summed E-state index contributed by atoms with van der Waals surface area (Å²) in [6.07, 6.45) is 2.10. The summed E-state index contributed by atoms with van der Waals surface area (Å²) in [7, 11) is 0. The third kappa shape index (κ3) is 2.25. The van der Waals surface area contributed by atoms with Crippen LogP contribution in [0.15, 0.2) is 30.3 Å². The highest BCUT2D eigenvalue weighted by molar-refractivity contribution is 5.75. The molecule has 16 heavy (non-hydrogen) atoms. The van der Waals surface area contributed by atoms with Gasteiger partial charge >= 0.3 is 5.97 Å². The third-order valence-corrected chi connectivity index (χ3v) is 3.16. The smallest absolute Gasteiger partial charge is 0.312 e. The van der Waals surface area contributed by atoms with E-state index in [0.29, 0.717) is 26.1 Å². The molecule has 1 aliphatic heterocycles. The van der Waals surface area contributed by atoms with Crippen LogP contribution in [0.5, 0.6) is 0 Å². The number of benzene rings is 1. The Morgan fingerprint density at radius 2 is 2.12 bits per heavy atom. The van der Waals surface area contributed by atoms with Crippen LogP contribution >= 0.6 is 0 Å². The standard InChI is InChI=1S/C13H16O3/c14-12(15)13(7-4-8-16-10-13)9-11-5-2-1-3-6-11/h1-3,5-6H,4,7-10H2,(H,14,15). The first kappa shape index (κ1) is 11.1. The fourth-order valence-corrected chi connectivity index (χ4v) is 2.22. The largest absolute Gasteiger partial charge is 0.481 e. The van der Waals surface area contributed by atoms with Crippen molar-refractivity contribution < 1.29 is 14.6 Å². The quantitative estimate of drug-likeness (QED) is 0.848. The molecule has 3 heteroatoms. The minimum absolute atomic E-state index is 0.331. The van der Waals surface area contributed by atoms with Gasteiger partial charge < -0.3 is 9.84 Å². The van der Waals surface area contributed by atoms with Gasteiger partial charge in [-0.3, -0.25) is 4.79 Å². The summed E-state index contributed by atoms with van der Waals surface area (Å²) in [5.74, 6) is -0.740. The summed E-state index contributed by atoms with van der Waals surface area (Å²) in [5.41, 5.74) is 0.343. The lowest BCUT2D eigenvalue weighted by molar-refractivity contribution is -0.157. The Bertz CT molecular complexity index is 353. The zero-order valence-corrected chi connectivity index (χ0v) is 9.19. The molecule has 0 aromatic heterocycles. The second kappa shape index (κ2) is 4.66. The van der Waals surface area contributed by atoms with Gasteiger partial charge in [0, 0.05) is 6.61 Å². The van der Waals surface area contributed by atoms with Gasteiger partial charge in [0.1, 0.15) is 0 Å². The Morgan fingerprint density at radius 1 is 1.38 bits per heavy atom. The fraction of sp³-hybridized carbons (Fsp3) is 0.462. The minimum Gasteiger partial charge on any atom is -0.481 e. The molecule has 1 saturated heterocycles. The van der Waals surface area contributed by atoms with E-state index >= 15 is 0 Å². The Hall–Kier alpha value is -1.35. The summed E-state index contributed by atoms with van der Waals surface area (Å²) in [6, 6.07) is 9.76. The second-order valence-electron chi connectivity index (χ2n) is 4.40. The van der Waals surface area contributed by atoms with Crippen molar-refractivity contribution in [3.8, 4) is 0 Å². The number of carboxylic acids is 1. The van der Waals surface area contributed by atoms with E-state index in [1.807, 2.05) is 30.3 Å². The van der Waals surface area contributed by atoms with Crippen LogP contribution in [0.3, 0.4) is 0 Å². The van der Waals surface area contributed by atoms with E-state index < -0.39 is 11.4 Å². The first-order valence-corrected chi connectivity index (χ1v) is 5.58. The Kier molecular flexibility index (Phi) is 3.25. The lowest BCUT2D eigenvalue weighted by atomic mass is 9.77. The van der Waals surface area contributed by atoms with Gasteiger partial charge in [0.2, 0.25) is 0 Å². The van der Waals surface area contributed by atoms with Crippen LogP contribution in [0.25, 0.3) is 0 Å². The second-order valence-corrected chi connectivity index (χ2v) is 4.40. The van der Waals surface area contributed by atoms with Crippen molar-refractivity contribution in [3.05, 3.63) is 35.9 Å². The van der Waals surface area contributed by atoms with Crippen LogP contribution in [0, 0.1) is 5.41 Å². The van der Waals surface area contributed by atoms with Crippen molar-refractivity contribution in [3.63, 3.8) is 0 Å². The van der Waals surface area contributed by atoms with Crippen molar-refractivity contribution >= 4 is 5.97 Å². The zero-order valence-electron chi connectivity index (χ0n) is 9.19. The highest BCUT2D eigenvalue weighted by Crippen LogP contribution is 2.32. The molecule has 1 aromatic carbocycles. The SMILES string of the molecule is O=C(O)C1(Cc2ccccc2)CCCOC1. The topological polar surface area (TPSA) is 46.5 Å². The summed E-state index contributed by atoms with van der Waals surface area (Å²) < 4.78 is 5.34. The van der Waals surface area contributed by atoms with Gasteiger partial charge in [-0.05, 0) is 24.8 Å². The lowest BCUT2D eigenvalue weighted by Gasteiger charge is -2.33. The Morgan fingerprint density at radius 3 is 2.69 bits per heavy atom. The van der Waals surface area contributed by atoms with Gasteiger partial charge in [0.25, 0.3) is 0 Å². The van der Waals surface area contributed by atoms with Crippen LogP contribution in [0.1, 0.15) is 18.4 Å². The molecular formula is C13H16O3. The van der Waals surface area contributed by atoms with E-state index in [0.717, 1.165) is 12.0 Å². The summed E-state index contributed by atoms with van der Waals surface area (Å²) in [6.45, 7) is 1.01. The average molecular weight is 220 g/mol. The molecule has 1 unspecified atom stereocenters. The first-order chi connectivity index (χ1) is 7.73. The molecule has 0 bridgehead atoms. The van der Waals surface area contributed by atoms with E-state index in [2.05, 4.69) is 0 Å². The molecule has 1 N–H and O–H groups in total. The van der Waals surface area contributed by atoms with E-state index in [9.17, 15) is 9.90 Å². The van der Waals surface area contributed by atoms with Crippen molar-refractivity contribution in [1.82, 2.24) is 0 Å². The van der Waals surface area contributed by atoms with Crippen molar-refractivity contribution in [1.29, 1.82) is 0 Å². The molecule has 1 heterocycles. The maximum Gasteiger partial charge on any atom is 0.312 e. The third-order valence-electron chi connectivity index (χ3n) is 3.16. The predicted molar refractivity (Wildman–Crippen MR) is 60.3 cm³/mol. The molecule has 1 aromatic rings.